The summed E-state index contributed by atoms with van der Waals surface area (Å²) in [5, 5.41) is 3.91. The van der Waals surface area contributed by atoms with Crippen LogP contribution in [0, 0.1) is 6.92 Å². The zero-order valence-electron chi connectivity index (χ0n) is 5.46. The van der Waals surface area contributed by atoms with Crippen molar-refractivity contribution < 1.29 is 0 Å². The summed E-state index contributed by atoms with van der Waals surface area (Å²) < 4.78 is 1.65. The summed E-state index contributed by atoms with van der Waals surface area (Å²) in [6.07, 6.45) is 1.75. The first kappa shape index (κ1) is 8.30. The molecule has 0 aliphatic heterocycles. The standard InChI is InChI=1S/C5H9N3.ClH/c1-4-3-7-8(2)5(4)6;/h3H,6H2,1-2H3;1H. The second-order valence-electron chi connectivity index (χ2n) is 1.84. The summed E-state index contributed by atoms with van der Waals surface area (Å²) in [7, 11) is 1.82. The fraction of sp³-hybridized carbons (Fsp3) is 0.400. The highest BCUT2D eigenvalue weighted by atomic mass is 35.5. The summed E-state index contributed by atoms with van der Waals surface area (Å²) in [5.41, 5.74) is 6.54. The van der Waals surface area contributed by atoms with E-state index in [0.29, 0.717) is 0 Å². The molecule has 1 rings (SSSR count). The Morgan fingerprint density at radius 2 is 2.22 bits per heavy atom. The highest BCUT2D eigenvalue weighted by Crippen LogP contribution is 2.04. The molecular formula is C5H10ClN3. The van der Waals surface area contributed by atoms with Crippen molar-refractivity contribution in [3.63, 3.8) is 0 Å². The number of anilines is 1. The molecule has 0 bridgehead atoms. The highest BCUT2D eigenvalue weighted by Gasteiger charge is 1.94. The topological polar surface area (TPSA) is 43.8 Å². The van der Waals surface area contributed by atoms with Crippen LogP contribution in [0.5, 0.6) is 0 Å². The molecule has 0 unspecified atom stereocenters. The fourth-order valence-electron chi connectivity index (χ4n) is 0.557. The number of nitrogen functional groups attached to an aromatic ring is 1. The van der Waals surface area contributed by atoms with Crippen LogP contribution in [0.15, 0.2) is 6.20 Å². The third-order valence-corrected chi connectivity index (χ3v) is 1.18. The zero-order valence-corrected chi connectivity index (χ0v) is 6.27. The Bertz CT molecular complexity index is 175. The average molecular weight is 148 g/mol. The van der Waals surface area contributed by atoms with Crippen molar-refractivity contribution in [2.75, 3.05) is 5.73 Å². The van der Waals surface area contributed by atoms with Gasteiger partial charge in [0.05, 0.1) is 6.20 Å². The van der Waals surface area contributed by atoms with Crippen molar-refractivity contribution in [2.45, 2.75) is 6.92 Å². The highest BCUT2D eigenvalue weighted by molar-refractivity contribution is 5.85. The maximum Gasteiger partial charge on any atom is 0.124 e. The lowest BCUT2D eigenvalue weighted by Gasteiger charge is -1.91. The predicted molar refractivity (Wildman–Crippen MR) is 39.6 cm³/mol. The lowest BCUT2D eigenvalue weighted by Crippen LogP contribution is -1.97. The van der Waals surface area contributed by atoms with Gasteiger partial charge in [-0.25, -0.2) is 0 Å². The fourth-order valence-corrected chi connectivity index (χ4v) is 0.557. The largest absolute Gasteiger partial charge is 0.384 e. The van der Waals surface area contributed by atoms with Crippen molar-refractivity contribution in [3.05, 3.63) is 11.8 Å². The number of rotatable bonds is 0. The Hall–Kier alpha value is -0.700. The summed E-state index contributed by atoms with van der Waals surface area (Å²) in [4.78, 5) is 0. The minimum absolute atomic E-state index is 0. The Balaban J connectivity index is 0.000000640. The molecule has 1 heterocycles. The van der Waals surface area contributed by atoms with Crippen molar-refractivity contribution in [3.8, 4) is 0 Å². The summed E-state index contributed by atoms with van der Waals surface area (Å²) in [6.45, 7) is 1.93. The molecule has 9 heavy (non-hydrogen) atoms. The van der Waals surface area contributed by atoms with Crippen LogP contribution in [0.3, 0.4) is 0 Å². The van der Waals surface area contributed by atoms with Gasteiger partial charge in [-0.2, -0.15) is 5.10 Å². The van der Waals surface area contributed by atoms with Gasteiger partial charge in [-0.3, -0.25) is 4.68 Å². The van der Waals surface area contributed by atoms with Gasteiger partial charge in [0, 0.05) is 12.6 Å². The Labute approximate surface area is 60.3 Å². The van der Waals surface area contributed by atoms with E-state index in [1.165, 1.54) is 0 Å². The molecule has 1 aromatic heterocycles. The van der Waals surface area contributed by atoms with Gasteiger partial charge < -0.3 is 5.73 Å². The summed E-state index contributed by atoms with van der Waals surface area (Å²) in [5.74, 6) is 0.741. The van der Waals surface area contributed by atoms with Crippen molar-refractivity contribution >= 4 is 18.2 Å². The quantitative estimate of drug-likeness (QED) is 0.588. The van der Waals surface area contributed by atoms with E-state index >= 15 is 0 Å². The van der Waals surface area contributed by atoms with Crippen molar-refractivity contribution in [1.82, 2.24) is 9.78 Å². The molecule has 52 valence electrons. The minimum atomic E-state index is 0. The third-order valence-electron chi connectivity index (χ3n) is 1.18. The molecule has 0 aliphatic carbocycles. The van der Waals surface area contributed by atoms with E-state index in [0.717, 1.165) is 11.4 Å². The number of nitrogens with two attached hydrogens (primary N) is 1. The van der Waals surface area contributed by atoms with Crippen LogP contribution < -0.4 is 5.73 Å². The minimum Gasteiger partial charge on any atom is -0.384 e. The lowest BCUT2D eigenvalue weighted by molar-refractivity contribution is 0.779. The van der Waals surface area contributed by atoms with Gasteiger partial charge in [0.15, 0.2) is 0 Å². The second-order valence-corrected chi connectivity index (χ2v) is 1.84. The van der Waals surface area contributed by atoms with Gasteiger partial charge in [-0.05, 0) is 6.92 Å². The summed E-state index contributed by atoms with van der Waals surface area (Å²) in [6, 6.07) is 0. The van der Waals surface area contributed by atoms with Crippen molar-refractivity contribution in [2.24, 2.45) is 7.05 Å². The van der Waals surface area contributed by atoms with Crippen LogP contribution in [-0.4, -0.2) is 9.78 Å². The molecule has 2 N–H and O–H groups in total. The molecular weight excluding hydrogens is 138 g/mol. The van der Waals surface area contributed by atoms with Gasteiger partial charge >= 0.3 is 0 Å². The number of aromatic nitrogens is 2. The van der Waals surface area contributed by atoms with E-state index in [2.05, 4.69) is 5.10 Å². The number of hydrogen-bond acceptors (Lipinski definition) is 2. The van der Waals surface area contributed by atoms with Gasteiger partial charge in [-0.1, -0.05) is 0 Å². The SMILES string of the molecule is Cc1cnn(C)c1N.Cl. The predicted octanol–water partition coefficient (Wildman–Crippen LogP) is 0.733. The number of aryl methyl sites for hydroxylation is 2. The molecule has 0 saturated carbocycles. The molecule has 0 amide bonds. The Morgan fingerprint density at radius 1 is 1.67 bits per heavy atom. The molecule has 0 aliphatic rings. The van der Waals surface area contributed by atoms with Gasteiger partial charge in [0.25, 0.3) is 0 Å². The molecule has 4 heteroatoms. The van der Waals surface area contributed by atoms with E-state index in [1.54, 1.807) is 10.9 Å². The smallest absolute Gasteiger partial charge is 0.124 e. The maximum atomic E-state index is 5.50. The van der Waals surface area contributed by atoms with E-state index < -0.39 is 0 Å². The number of hydrogen-bond donors (Lipinski definition) is 1. The molecule has 0 saturated heterocycles. The monoisotopic (exact) mass is 147 g/mol. The van der Waals surface area contributed by atoms with Crippen LogP contribution in [0.25, 0.3) is 0 Å². The van der Waals surface area contributed by atoms with E-state index in [9.17, 15) is 0 Å². The molecule has 0 fully saturated rings. The molecule has 0 spiro atoms. The first-order valence-electron chi connectivity index (χ1n) is 2.46. The van der Waals surface area contributed by atoms with Crippen molar-refractivity contribution in [1.29, 1.82) is 0 Å². The van der Waals surface area contributed by atoms with E-state index in [4.69, 9.17) is 5.73 Å². The molecule has 1 aromatic rings. The normalized spacial score (nSPS) is 8.67. The Kier molecular flexibility index (Phi) is 2.52. The van der Waals surface area contributed by atoms with Crippen LogP contribution in [0.2, 0.25) is 0 Å². The van der Waals surface area contributed by atoms with Crippen LogP contribution in [-0.2, 0) is 7.05 Å². The van der Waals surface area contributed by atoms with E-state index in [1.807, 2.05) is 14.0 Å². The number of halogens is 1. The van der Waals surface area contributed by atoms with E-state index in [-0.39, 0.29) is 12.4 Å². The van der Waals surface area contributed by atoms with Crippen LogP contribution >= 0.6 is 12.4 Å². The van der Waals surface area contributed by atoms with Gasteiger partial charge in [0.1, 0.15) is 5.82 Å². The van der Waals surface area contributed by atoms with Crippen LogP contribution in [0.1, 0.15) is 5.56 Å². The molecule has 3 nitrogen and oxygen atoms in total. The lowest BCUT2D eigenvalue weighted by atomic mass is 10.4. The summed E-state index contributed by atoms with van der Waals surface area (Å²) >= 11 is 0. The van der Waals surface area contributed by atoms with Gasteiger partial charge in [0.2, 0.25) is 0 Å². The Morgan fingerprint density at radius 3 is 2.33 bits per heavy atom. The number of nitrogens with zero attached hydrogens (tertiary/aromatic N) is 2. The molecule has 0 atom stereocenters. The average Bonchev–Trinajstić information content (AvgIpc) is 1.98. The van der Waals surface area contributed by atoms with Crippen LogP contribution in [0.4, 0.5) is 5.82 Å². The maximum absolute atomic E-state index is 5.50. The second kappa shape index (κ2) is 2.73. The first-order valence-corrected chi connectivity index (χ1v) is 2.46. The third kappa shape index (κ3) is 1.36. The molecule has 0 radical (unpaired) electrons. The molecule has 0 aromatic carbocycles. The zero-order chi connectivity index (χ0) is 6.15. The first-order chi connectivity index (χ1) is 3.72. The van der Waals surface area contributed by atoms with Gasteiger partial charge in [-0.15, -0.1) is 12.4 Å².